The number of primary amides is 1. The van der Waals surface area contributed by atoms with Crippen molar-refractivity contribution in [3.05, 3.63) is 96.2 Å². The van der Waals surface area contributed by atoms with Gasteiger partial charge in [-0.05, 0) is 86.5 Å². The molecule has 0 aliphatic heterocycles. The molecule has 4 N–H and O–H groups in total. The fraction of sp³-hybridized carbons (Fsp3) is 0.241. The number of β-amino-alcohol motifs (C(OH)–C–C–N with tert-alkyl or cyclic N) is 1. The number of benzene rings is 3. The van der Waals surface area contributed by atoms with E-state index in [0.29, 0.717) is 29.4 Å². The Kier molecular flexibility index (Phi) is 7.83. The molecule has 0 saturated heterocycles. The fourth-order valence-electron chi connectivity index (χ4n) is 3.91. The number of aromatic nitrogens is 1. The SMILES string of the molecule is CC(C)(Cc1ccc(Oc2ccc(C(N)=O)cc2)cc1)NC[C@@H](O)COc1cccc2ncccc12. The Morgan fingerprint density at radius 3 is 2.39 bits per heavy atom. The number of carbonyl (C=O) groups excluding carboxylic acids is 1. The van der Waals surface area contributed by atoms with Crippen molar-refractivity contribution in [2.45, 2.75) is 31.9 Å². The second kappa shape index (κ2) is 11.2. The maximum absolute atomic E-state index is 11.2. The number of aliphatic hydroxyl groups excluding tert-OH is 1. The molecule has 7 nitrogen and oxygen atoms in total. The van der Waals surface area contributed by atoms with Crippen molar-refractivity contribution in [3.63, 3.8) is 0 Å². The maximum Gasteiger partial charge on any atom is 0.248 e. The molecule has 4 rings (SSSR count). The monoisotopic (exact) mass is 485 g/mol. The number of pyridine rings is 1. The quantitative estimate of drug-likeness (QED) is 0.289. The van der Waals surface area contributed by atoms with Crippen LogP contribution in [-0.4, -0.2) is 40.8 Å². The first-order valence-electron chi connectivity index (χ1n) is 11.9. The first-order chi connectivity index (χ1) is 17.3. The summed E-state index contributed by atoms with van der Waals surface area (Å²) in [7, 11) is 0. The van der Waals surface area contributed by atoms with Gasteiger partial charge in [0.1, 0.15) is 30.0 Å². The minimum absolute atomic E-state index is 0.184. The number of ether oxygens (including phenoxy) is 2. The highest BCUT2D eigenvalue weighted by Gasteiger charge is 2.20. The number of aliphatic hydroxyl groups is 1. The van der Waals surface area contributed by atoms with Gasteiger partial charge in [-0.15, -0.1) is 0 Å². The van der Waals surface area contributed by atoms with E-state index in [0.717, 1.165) is 22.9 Å². The van der Waals surface area contributed by atoms with Gasteiger partial charge in [-0.25, -0.2) is 0 Å². The van der Waals surface area contributed by atoms with Gasteiger partial charge in [-0.3, -0.25) is 9.78 Å². The average Bonchev–Trinajstić information content (AvgIpc) is 2.87. The van der Waals surface area contributed by atoms with Crippen LogP contribution in [0.1, 0.15) is 29.8 Å². The molecule has 186 valence electrons. The van der Waals surface area contributed by atoms with Crippen LogP contribution >= 0.6 is 0 Å². The van der Waals surface area contributed by atoms with Crippen LogP contribution in [0.2, 0.25) is 0 Å². The summed E-state index contributed by atoms with van der Waals surface area (Å²) in [6, 6.07) is 24.1. The topological polar surface area (TPSA) is 107 Å². The smallest absolute Gasteiger partial charge is 0.248 e. The Bertz CT molecular complexity index is 1300. The average molecular weight is 486 g/mol. The number of nitrogens with two attached hydrogens (primary N) is 1. The fourth-order valence-corrected chi connectivity index (χ4v) is 3.91. The summed E-state index contributed by atoms with van der Waals surface area (Å²) < 4.78 is 11.7. The number of hydrogen-bond donors (Lipinski definition) is 3. The summed E-state index contributed by atoms with van der Waals surface area (Å²) in [6.07, 6.45) is 1.86. The molecule has 0 saturated carbocycles. The Balaban J connectivity index is 1.25. The van der Waals surface area contributed by atoms with Crippen LogP contribution in [-0.2, 0) is 6.42 Å². The third-order valence-electron chi connectivity index (χ3n) is 5.80. The highest BCUT2D eigenvalue weighted by molar-refractivity contribution is 5.92. The normalized spacial score (nSPS) is 12.3. The van der Waals surface area contributed by atoms with Gasteiger partial charge in [0.15, 0.2) is 0 Å². The molecule has 36 heavy (non-hydrogen) atoms. The number of fused-ring (bicyclic) bond motifs is 1. The van der Waals surface area contributed by atoms with Crippen LogP contribution < -0.4 is 20.5 Å². The van der Waals surface area contributed by atoms with Crippen molar-refractivity contribution >= 4 is 16.8 Å². The molecule has 4 aromatic rings. The molecule has 1 atom stereocenters. The van der Waals surface area contributed by atoms with Crippen LogP contribution in [0.4, 0.5) is 0 Å². The van der Waals surface area contributed by atoms with E-state index in [9.17, 15) is 9.90 Å². The standard InChI is InChI=1S/C29H31N3O4/c1-29(2,32-18-22(33)19-35-27-7-3-6-26-25(27)5-4-16-31-26)17-20-8-12-23(13-9-20)36-24-14-10-21(11-15-24)28(30)34/h3-16,22,32-33H,17-19H2,1-2H3,(H2,30,34)/t22-/m1/s1. The van der Waals surface area contributed by atoms with Crippen molar-refractivity contribution in [1.82, 2.24) is 10.3 Å². The van der Waals surface area contributed by atoms with E-state index in [1.807, 2.05) is 54.6 Å². The zero-order chi connectivity index (χ0) is 25.5. The maximum atomic E-state index is 11.2. The van der Waals surface area contributed by atoms with Gasteiger partial charge in [0, 0.05) is 29.2 Å². The number of rotatable bonds is 11. The van der Waals surface area contributed by atoms with Crippen molar-refractivity contribution in [2.75, 3.05) is 13.2 Å². The zero-order valence-electron chi connectivity index (χ0n) is 20.5. The highest BCUT2D eigenvalue weighted by Crippen LogP contribution is 2.25. The van der Waals surface area contributed by atoms with Crippen LogP contribution in [0, 0.1) is 0 Å². The van der Waals surface area contributed by atoms with Gasteiger partial charge in [0.25, 0.3) is 0 Å². The summed E-state index contributed by atoms with van der Waals surface area (Å²) in [5, 5.41) is 14.9. The van der Waals surface area contributed by atoms with Crippen LogP contribution in [0.25, 0.3) is 10.9 Å². The van der Waals surface area contributed by atoms with E-state index < -0.39 is 12.0 Å². The number of amides is 1. The molecular formula is C29H31N3O4. The Hall–Kier alpha value is -3.94. The van der Waals surface area contributed by atoms with Gasteiger partial charge in [0.2, 0.25) is 5.91 Å². The van der Waals surface area contributed by atoms with E-state index in [2.05, 4.69) is 24.1 Å². The summed E-state index contributed by atoms with van der Waals surface area (Å²) in [6.45, 7) is 4.78. The van der Waals surface area contributed by atoms with Crippen molar-refractivity contribution in [2.24, 2.45) is 5.73 Å². The summed E-state index contributed by atoms with van der Waals surface area (Å²) >= 11 is 0. The molecule has 0 aliphatic rings. The largest absolute Gasteiger partial charge is 0.490 e. The highest BCUT2D eigenvalue weighted by atomic mass is 16.5. The molecule has 0 fully saturated rings. The minimum atomic E-state index is -0.659. The molecule has 0 unspecified atom stereocenters. The molecule has 0 bridgehead atoms. The molecule has 0 radical (unpaired) electrons. The predicted molar refractivity (Wildman–Crippen MR) is 141 cm³/mol. The van der Waals surface area contributed by atoms with Gasteiger partial charge >= 0.3 is 0 Å². The first-order valence-corrected chi connectivity index (χ1v) is 11.9. The number of nitrogens with zero attached hydrogens (tertiary/aromatic N) is 1. The van der Waals surface area contributed by atoms with E-state index in [1.54, 1.807) is 30.5 Å². The zero-order valence-corrected chi connectivity index (χ0v) is 20.5. The lowest BCUT2D eigenvalue weighted by molar-refractivity contribution is 0.0995. The lowest BCUT2D eigenvalue weighted by Gasteiger charge is -2.28. The molecule has 0 aliphatic carbocycles. The Labute approximate surface area is 210 Å². The van der Waals surface area contributed by atoms with Gasteiger partial charge in [-0.1, -0.05) is 18.2 Å². The summed E-state index contributed by atoms with van der Waals surface area (Å²) in [4.78, 5) is 15.5. The lowest BCUT2D eigenvalue weighted by atomic mass is 9.94. The number of carbonyl (C=O) groups is 1. The number of nitrogens with one attached hydrogen (secondary N) is 1. The molecular weight excluding hydrogens is 454 g/mol. The first kappa shape index (κ1) is 25.2. The molecule has 7 heteroatoms. The van der Waals surface area contributed by atoms with E-state index in [4.69, 9.17) is 15.2 Å². The van der Waals surface area contributed by atoms with Crippen molar-refractivity contribution < 1.29 is 19.4 Å². The Morgan fingerprint density at radius 1 is 1.00 bits per heavy atom. The van der Waals surface area contributed by atoms with E-state index >= 15 is 0 Å². The van der Waals surface area contributed by atoms with Crippen LogP contribution in [0.5, 0.6) is 17.2 Å². The summed E-state index contributed by atoms with van der Waals surface area (Å²) in [5.74, 6) is 1.58. The molecule has 1 amide bonds. The van der Waals surface area contributed by atoms with E-state index in [-0.39, 0.29) is 12.1 Å². The van der Waals surface area contributed by atoms with Crippen molar-refractivity contribution in [3.8, 4) is 17.2 Å². The molecule has 1 heterocycles. The van der Waals surface area contributed by atoms with Gasteiger partial charge in [0.05, 0.1) is 5.52 Å². The minimum Gasteiger partial charge on any atom is -0.490 e. The van der Waals surface area contributed by atoms with Crippen molar-refractivity contribution in [1.29, 1.82) is 0 Å². The second-order valence-electron chi connectivity index (χ2n) is 9.37. The number of hydrogen-bond acceptors (Lipinski definition) is 6. The van der Waals surface area contributed by atoms with E-state index in [1.165, 1.54) is 0 Å². The van der Waals surface area contributed by atoms with Crippen LogP contribution in [0.3, 0.4) is 0 Å². The second-order valence-corrected chi connectivity index (χ2v) is 9.37. The van der Waals surface area contributed by atoms with Gasteiger partial charge < -0.3 is 25.6 Å². The third-order valence-corrected chi connectivity index (χ3v) is 5.80. The van der Waals surface area contributed by atoms with Crippen LogP contribution in [0.15, 0.2) is 85.1 Å². The predicted octanol–water partition coefficient (Wildman–Crippen LogP) is 4.48. The lowest BCUT2D eigenvalue weighted by Crippen LogP contribution is -2.46. The third kappa shape index (κ3) is 6.81. The molecule has 1 aromatic heterocycles. The molecule has 0 spiro atoms. The molecule has 3 aromatic carbocycles. The summed E-state index contributed by atoms with van der Waals surface area (Å²) in [5.41, 5.74) is 7.47. The Morgan fingerprint density at radius 2 is 1.69 bits per heavy atom. The van der Waals surface area contributed by atoms with Gasteiger partial charge in [-0.2, -0.15) is 0 Å².